The van der Waals surface area contributed by atoms with Crippen molar-refractivity contribution >= 4 is 21.4 Å². The zero-order valence-electron chi connectivity index (χ0n) is 12.0. The summed E-state index contributed by atoms with van der Waals surface area (Å²) in [6, 6.07) is 5.77. The van der Waals surface area contributed by atoms with Crippen molar-refractivity contribution in [2.24, 2.45) is 0 Å². The number of para-hydroxylation sites is 1. The van der Waals surface area contributed by atoms with E-state index in [9.17, 15) is 13.2 Å². The van der Waals surface area contributed by atoms with Crippen LogP contribution >= 0.6 is 0 Å². The minimum atomic E-state index is -3.38. The molecule has 1 N–H and O–H groups in total. The van der Waals surface area contributed by atoms with E-state index in [2.05, 4.69) is 5.32 Å². The van der Waals surface area contributed by atoms with Crippen LogP contribution in [0.4, 0.5) is 5.69 Å². The number of carbonyl (C=O) groups is 1. The molecule has 0 aliphatic rings. The van der Waals surface area contributed by atoms with E-state index in [-0.39, 0.29) is 5.92 Å². The number of sulfone groups is 1. The maximum atomic E-state index is 12.0. The third-order valence-corrected chi connectivity index (χ3v) is 4.69. The zero-order valence-corrected chi connectivity index (χ0v) is 12.8. The molecule has 1 aromatic rings. The van der Waals surface area contributed by atoms with E-state index in [1.54, 1.807) is 0 Å². The average Bonchev–Trinajstić information content (AvgIpc) is 2.29. The van der Waals surface area contributed by atoms with Gasteiger partial charge in [-0.2, -0.15) is 0 Å². The molecular weight excluding hydrogens is 262 g/mol. The molecule has 5 heteroatoms. The largest absolute Gasteiger partial charge is 0.324 e. The summed E-state index contributed by atoms with van der Waals surface area (Å²) in [5, 5.41) is 1.70. The van der Waals surface area contributed by atoms with E-state index >= 15 is 0 Å². The van der Waals surface area contributed by atoms with E-state index in [4.69, 9.17) is 0 Å². The van der Waals surface area contributed by atoms with Gasteiger partial charge in [-0.15, -0.1) is 0 Å². The van der Waals surface area contributed by atoms with Gasteiger partial charge < -0.3 is 5.32 Å². The first kappa shape index (κ1) is 15.7. The van der Waals surface area contributed by atoms with E-state index in [0.29, 0.717) is 0 Å². The van der Waals surface area contributed by atoms with Crippen molar-refractivity contribution in [1.82, 2.24) is 0 Å². The molecule has 0 aromatic heterocycles. The van der Waals surface area contributed by atoms with Crippen LogP contribution in [0.1, 0.15) is 37.8 Å². The molecule has 0 aliphatic carbocycles. The molecule has 0 bridgehead atoms. The molecule has 1 amide bonds. The first-order valence-corrected chi connectivity index (χ1v) is 8.19. The summed E-state index contributed by atoms with van der Waals surface area (Å²) in [4.78, 5) is 12.0. The lowest BCUT2D eigenvalue weighted by Crippen LogP contribution is -2.32. The molecule has 4 nitrogen and oxygen atoms in total. The van der Waals surface area contributed by atoms with Gasteiger partial charge in [0.25, 0.3) is 0 Å². The normalized spacial score (nSPS) is 13.4. The Balaban J connectivity index is 3.10. The van der Waals surface area contributed by atoms with Gasteiger partial charge in [0.1, 0.15) is 5.25 Å². The van der Waals surface area contributed by atoms with Crippen LogP contribution in [0.3, 0.4) is 0 Å². The topological polar surface area (TPSA) is 63.2 Å². The Morgan fingerprint density at radius 1 is 1.21 bits per heavy atom. The first-order chi connectivity index (χ1) is 8.64. The van der Waals surface area contributed by atoms with Crippen molar-refractivity contribution in [3.8, 4) is 0 Å². The maximum absolute atomic E-state index is 12.0. The summed E-state index contributed by atoms with van der Waals surface area (Å²) in [5.74, 6) is -0.234. The van der Waals surface area contributed by atoms with Crippen LogP contribution in [0.15, 0.2) is 18.2 Å². The second-order valence-electron chi connectivity index (χ2n) is 5.15. The van der Waals surface area contributed by atoms with Gasteiger partial charge in [-0.25, -0.2) is 8.42 Å². The van der Waals surface area contributed by atoms with Crippen LogP contribution in [-0.4, -0.2) is 25.8 Å². The SMILES string of the molecule is Cc1cccc(C(C)C)c1NC(=O)C(C)S(C)(=O)=O. The quantitative estimate of drug-likeness (QED) is 0.923. The van der Waals surface area contributed by atoms with E-state index < -0.39 is 21.0 Å². The van der Waals surface area contributed by atoms with Gasteiger partial charge in [-0.3, -0.25) is 4.79 Å². The van der Waals surface area contributed by atoms with Crippen molar-refractivity contribution < 1.29 is 13.2 Å². The molecule has 1 atom stereocenters. The molecule has 0 fully saturated rings. The molecule has 0 saturated carbocycles. The molecule has 0 spiro atoms. The molecular formula is C14H21NO3S. The maximum Gasteiger partial charge on any atom is 0.242 e. The monoisotopic (exact) mass is 283 g/mol. The Hall–Kier alpha value is -1.36. The number of anilines is 1. The second kappa shape index (κ2) is 5.74. The molecule has 0 radical (unpaired) electrons. The highest BCUT2D eigenvalue weighted by Gasteiger charge is 2.24. The molecule has 0 heterocycles. The standard InChI is InChI=1S/C14H21NO3S/c1-9(2)12-8-6-7-10(3)13(12)15-14(16)11(4)19(5,17)18/h6-9,11H,1-5H3,(H,15,16). The first-order valence-electron chi connectivity index (χ1n) is 6.23. The Morgan fingerprint density at radius 2 is 1.79 bits per heavy atom. The highest BCUT2D eigenvalue weighted by atomic mass is 32.2. The second-order valence-corrected chi connectivity index (χ2v) is 7.52. The van der Waals surface area contributed by atoms with Gasteiger partial charge in [0, 0.05) is 11.9 Å². The van der Waals surface area contributed by atoms with E-state index in [1.165, 1.54) is 6.92 Å². The minimum absolute atomic E-state index is 0.253. The molecule has 19 heavy (non-hydrogen) atoms. The van der Waals surface area contributed by atoms with E-state index in [1.807, 2.05) is 39.0 Å². The highest BCUT2D eigenvalue weighted by molar-refractivity contribution is 7.92. The summed E-state index contributed by atoms with van der Waals surface area (Å²) in [6.45, 7) is 7.36. The van der Waals surface area contributed by atoms with Gasteiger partial charge in [-0.1, -0.05) is 32.0 Å². The number of benzene rings is 1. The summed E-state index contributed by atoms with van der Waals surface area (Å²) in [5.41, 5.74) is 2.66. The molecule has 1 unspecified atom stereocenters. The lowest BCUT2D eigenvalue weighted by Gasteiger charge is -2.18. The predicted octanol–water partition coefficient (Wildman–Crippen LogP) is 2.49. The van der Waals surface area contributed by atoms with Crippen LogP contribution in [0.2, 0.25) is 0 Å². The van der Waals surface area contributed by atoms with Crippen LogP contribution < -0.4 is 5.32 Å². The van der Waals surface area contributed by atoms with Gasteiger partial charge in [0.2, 0.25) is 5.91 Å². The molecule has 1 rings (SSSR count). The van der Waals surface area contributed by atoms with Gasteiger partial charge in [0.05, 0.1) is 0 Å². The highest BCUT2D eigenvalue weighted by Crippen LogP contribution is 2.27. The number of carbonyl (C=O) groups excluding carboxylic acids is 1. The van der Waals surface area contributed by atoms with E-state index in [0.717, 1.165) is 23.1 Å². The molecule has 1 aromatic carbocycles. The van der Waals surface area contributed by atoms with Crippen molar-refractivity contribution in [2.45, 2.75) is 38.9 Å². The number of hydrogen-bond donors (Lipinski definition) is 1. The molecule has 106 valence electrons. The lowest BCUT2D eigenvalue weighted by atomic mass is 9.98. The summed E-state index contributed by atoms with van der Waals surface area (Å²) < 4.78 is 22.8. The van der Waals surface area contributed by atoms with Crippen LogP contribution in [0.5, 0.6) is 0 Å². The number of nitrogens with one attached hydrogen (secondary N) is 1. The Bertz CT molecular complexity index is 576. The lowest BCUT2D eigenvalue weighted by molar-refractivity contribution is -0.115. The van der Waals surface area contributed by atoms with Gasteiger partial charge in [0.15, 0.2) is 9.84 Å². The molecule has 0 aliphatic heterocycles. The van der Waals surface area contributed by atoms with Crippen LogP contribution in [0.25, 0.3) is 0 Å². The third-order valence-electron chi connectivity index (χ3n) is 3.19. The Morgan fingerprint density at radius 3 is 2.26 bits per heavy atom. The van der Waals surface area contributed by atoms with Crippen LogP contribution in [-0.2, 0) is 14.6 Å². The number of rotatable bonds is 4. The van der Waals surface area contributed by atoms with Gasteiger partial charge >= 0.3 is 0 Å². The third kappa shape index (κ3) is 3.80. The fourth-order valence-electron chi connectivity index (χ4n) is 1.76. The van der Waals surface area contributed by atoms with Crippen molar-refractivity contribution in [3.05, 3.63) is 29.3 Å². The van der Waals surface area contributed by atoms with Crippen LogP contribution in [0, 0.1) is 6.92 Å². The van der Waals surface area contributed by atoms with Crippen molar-refractivity contribution in [3.63, 3.8) is 0 Å². The number of aryl methyl sites for hydroxylation is 1. The van der Waals surface area contributed by atoms with Crippen molar-refractivity contribution in [2.75, 3.05) is 11.6 Å². The summed E-state index contributed by atoms with van der Waals surface area (Å²) >= 11 is 0. The Labute approximate surface area is 115 Å². The Kier molecular flexibility index (Phi) is 4.74. The number of hydrogen-bond acceptors (Lipinski definition) is 3. The van der Waals surface area contributed by atoms with Crippen molar-refractivity contribution in [1.29, 1.82) is 0 Å². The number of amides is 1. The summed E-state index contributed by atoms with van der Waals surface area (Å²) in [7, 11) is -3.38. The molecule has 0 saturated heterocycles. The van der Waals surface area contributed by atoms with Gasteiger partial charge in [-0.05, 0) is 30.9 Å². The zero-order chi connectivity index (χ0) is 14.8. The fourth-order valence-corrected chi connectivity index (χ4v) is 2.21. The summed E-state index contributed by atoms with van der Waals surface area (Å²) in [6.07, 6.45) is 1.07. The predicted molar refractivity (Wildman–Crippen MR) is 78.2 cm³/mol. The fraction of sp³-hybridized carbons (Fsp3) is 0.500. The minimum Gasteiger partial charge on any atom is -0.324 e. The smallest absolute Gasteiger partial charge is 0.242 e. The average molecular weight is 283 g/mol.